The summed E-state index contributed by atoms with van der Waals surface area (Å²) in [4.78, 5) is 17.3. The van der Waals surface area contributed by atoms with Crippen molar-refractivity contribution in [3.63, 3.8) is 0 Å². The van der Waals surface area contributed by atoms with E-state index in [2.05, 4.69) is 4.98 Å². The Kier molecular flexibility index (Phi) is 2.98. The Morgan fingerprint density at radius 1 is 1.47 bits per heavy atom. The predicted molar refractivity (Wildman–Crippen MR) is 63.9 cm³/mol. The maximum Gasteiger partial charge on any atom is 0.170 e. The average molecular weight is 237 g/mol. The first-order valence-electron chi connectivity index (χ1n) is 4.65. The zero-order valence-corrected chi connectivity index (χ0v) is 10.2. The molecule has 2 heterocycles. The summed E-state index contributed by atoms with van der Waals surface area (Å²) in [5.74, 6) is 0.157. The lowest BCUT2D eigenvalue weighted by Crippen LogP contribution is -2.01. The van der Waals surface area contributed by atoms with Crippen LogP contribution in [-0.2, 0) is 6.42 Å². The highest BCUT2D eigenvalue weighted by atomic mass is 32.1. The molecule has 0 atom stereocenters. The molecule has 0 aliphatic rings. The van der Waals surface area contributed by atoms with Crippen LogP contribution in [0, 0.1) is 13.8 Å². The van der Waals surface area contributed by atoms with Crippen molar-refractivity contribution >= 4 is 28.5 Å². The molecule has 78 valence electrons. The second-order valence-corrected chi connectivity index (χ2v) is 5.43. The monoisotopic (exact) mass is 237 g/mol. The number of aryl methyl sites for hydroxylation is 2. The van der Waals surface area contributed by atoms with Crippen molar-refractivity contribution in [2.45, 2.75) is 20.3 Å². The van der Waals surface area contributed by atoms with Gasteiger partial charge in [0.2, 0.25) is 0 Å². The van der Waals surface area contributed by atoms with Crippen molar-refractivity contribution < 1.29 is 4.79 Å². The number of Topliss-reactive ketones (excluding diaryl/α,β-unsaturated/α-hetero) is 1. The SMILES string of the molecule is Cc1nc(CC(=O)c2ccsc2)sc1C. The van der Waals surface area contributed by atoms with Gasteiger partial charge in [0.05, 0.1) is 12.1 Å². The number of rotatable bonds is 3. The molecule has 0 bridgehead atoms. The van der Waals surface area contributed by atoms with Crippen molar-refractivity contribution in [2.24, 2.45) is 0 Å². The lowest BCUT2D eigenvalue weighted by atomic mass is 10.2. The van der Waals surface area contributed by atoms with Crippen molar-refractivity contribution in [1.82, 2.24) is 4.98 Å². The van der Waals surface area contributed by atoms with Crippen molar-refractivity contribution in [2.75, 3.05) is 0 Å². The van der Waals surface area contributed by atoms with E-state index in [1.807, 2.05) is 30.7 Å². The van der Waals surface area contributed by atoms with Gasteiger partial charge < -0.3 is 0 Å². The minimum atomic E-state index is 0.157. The number of carbonyl (C=O) groups excluding carboxylic acids is 1. The van der Waals surface area contributed by atoms with Crippen LogP contribution < -0.4 is 0 Å². The Morgan fingerprint density at radius 2 is 2.27 bits per heavy atom. The first-order valence-corrected chi connectivity index (χ1v) is 6.41. The minimum Gasteiger partial charge on any atom is -0.294 e. The van der Waals surface area contributed by atoms with E-state index < -0.39 is 0 Å². The summed E-state index contributed by atoms with van der Waals surface area (Å²) in [6.07, 6.45) is 0.427. The predicted octanol–water partition coefficient (Wildman–Crippen LogP) is 3.25. The number of hydrogen-bond acceptors (Lipinski definition) is 4. The highest BCUT2D eigenvalue weighted by molar-refractivity contribution is 7.11. The van der Waals surface area contributed by atoms with Gasteiger partial charge in [0.25, 0.3) is 0 Å². The van der Waals surface area contributed by atoms with Gasteiger partial charge in [0.15, 0.2) is 5.78 Å². The van der Waals surface area contributed by atoms with Crippen LogP contribution in [0.4, 0.5) is 0 Å². The Balaban J connectivity index is 2.13. The maximum absolute atomic E-state index is 11.8. The number of thiophene rings is 1. The first-order chi connectivity index (χ1) is 7.16. The molecule has 0 unspecified atom stereocenters. The van der Waals surface area contributed by atoms with Crippen LogP contribution in [0.5, 0.6) is 0 Å². The van der Waals surface area contributed by atoms with Gasteiger partial charge in [0, 0.05) is 15.8 Å². The number of thiazole rings is 1. The molecule has 2 nitrogen and oxygen atoms in total. The molecule has 2 aromatic rings. The first kappa shape index (κ1) is 10.5. The number of aromatic nitrogens is 1. The van der Waals surface area contributed by atoms with E-state index in [9.17, 15) is 4.79 Å². The zero-order chi connectivity index (χ0) is 10.8. The van der Waals surface area contributed by atoms with Crippen LogP contribution in [0.1, 0.15) is 25.9 Å². The van der Waals surface area contributed by atoms with Gasteiger partial charge in [-0.3, -0.25) is 4.79 Å². The summed E-state index contributed by atoms with van der Waals surface area (Å²) in [5.41, 5.74) is 1.83. The highest BCUT2D eigenvalue weighted by Crippen LogP contribution is 2.18. The molecule has 0 fully saturated rings. The van der Waals surface area contributed by atoms with Crippen LogP contribution in [0.3, 0.4) is 0 Å². The molecule has 0 aromatic carbocycles. The van der Waals surface area contributed by atoms with Crippen molar-refractivity contribution in [3.8, 4) is 0 Å². The quantitative estimate of drug-likeness (QED) is 0.767. The molecule has 0 aliphatic carbocycles. The standard InChI is InChI=1S/C11H11NOS2/c1-7-8(2)15-11(12-7)5-10(13)9-3-4-14-6-9/h3-4,6H,5H2,1-2H3. The van der Waals surface area contributed by atoms with E-state index in [4.69, 9.17) is 0 Å². The fraction of sp³-hybridized carbons (Fsp3) is 0.273. The molecular formula is C11H11NOS2. The number of hydrogen-bond donors (Lipinski definition) is 0. The van der Waals surface area contributed by atoms with Gasteiger partial charge in [0.1, 0.15) is 5.01 Å². The molecule has 0 saturated heterocycles. The van der Waals surface area contributed by atoms with Gasteiger partial charge in [-0.05, 0) is 25.3 Å². The summed E-state index contributed by atoms with van der Waals surface area (Å²) >= 11 is 3.16. The Bertz CT molecular complexity index is 451. The summed E-state index contributed by atoms with van der Waals surface area (Å²) in [6, 6.07) is 1.86. The number of carbonyl (C=O) groups is 1. The third-order valence-electron chi connectivity index (χ3n) is 2.23. The van der Waals surface area contributed by atoms with Crippen LogP contribution in [0.25, 0.3) is 0 Å². The molecule has 2 aromatic heterocycles. The smallest absolute Gasteiger partial charge is 0.170 e. The third-order valence-corrected chi connectivity index (χ3v) is 3.98. The van der Waals surface area contributed by atoms with Crippen LogP contribution in [-0.4, -0.2) is 10.8 Å². The average Bonchev–Trinajstić information content (AvgIpc) is 2.77. The summed E-state index contributed by atoms with van der Waals surface area (Å²) in [5, 5.41) is 4.72. The van der Waals surface area contributed by atoms with Gasteiger partial charge in [-0.15, -0.1) is 11.3 Å². The molecule has 0 spiro atoms. The second kappa shape index (κ2) is 4.24. The van der Waals surface area contributed by atoms with E-state index in [1.54, 1.807) is 22.7 Å². The third kappa shape index (κ3) is 2.33. The van der Waals surface area contributed by atoms with Crippen molar-refractivity contribution in [1.29, 1.82) is 0 Å². The van der Waals surface area contributed by atoms with Crippen molar-refractivity contribution in [3.05, 3.63) is 38.0 Å². The van der Waals surface area contributed by atoms with Crippen LogP contribution in [0.2, 0.25) is 0 Å². The molecule has 0 N–H and O–H groups in total. The highest BCUT2D eigenvalue weighted by Gasteiger charge is 2.11. The molecule has 0 saturated carbocycles. The van der Waals surface area contributed by atoms with Crippen LogP contribution >= 0.6 is 22.7 Å². The lowest BCUT2D eigenvalue weighted by molar-refractivity contribution is 0.0993. The summed E-state index contributed by atoms with van der Waals surface area (Å²) in [7, 11) is 0. The Hall–Kier alpha value is -1.00. The summed E-state index contributed by atoms with van der Waals surface area (Å²) in [6.45, 7) is 4.01. The van der Waals surface area contributed by atoms with Gasteiger partial charge in [-0.25, -0.2) is 4.98 Å². The van der Waals surface area contributed by atoms with E-state index in [1.165, 1.54) is 4.88 Å². The largest absolute Gasteiger partial charge is 0.294 e. The molecule has 0 radical (unpaired) electrons. The zero-order valence-electron chi connectivity index (χ0n) is 8.61. The molecular weight excluding hydrogens is 226 g/mol. The van der Waals surface area contributed by atoms with Gasteiger partial charge in [-0.1, -0.05) is 0 Å². The van der Waals surface area contributed by atoms with E-state index in [0.717, 1.165) is 16.3 Å². The van der Waals surface area contributed by atoms with Crippen LogP contribution in [0.15, 0.2) is 16.8 Å². The molecule has 0 amide bonds. The van der Waals surface area contributed by atoms with E-state index >= 15 is 0 Å². The fourth-order valence-corrected chi connectivity index (χ4v) is 2.87. The molecule has 4 heteroatoms. The Labute approximate surface area is 96.6 Å². The molecule has 2 rings (SSSR count). The molecule has 15 heavy (non-hydrogen) atoms. The van der Waals surface area contributed by atoms with E-state index in [-0.39, 0.29) is 5.78 Å². The second-order valence-electron chi connectivity index (χ2n) is 3.36. The summed E-state index contributed by atoms with van der Waals surface area (Å²) < 4.78 is 0. The van der Waals surface area contributed by atoms with E-state index in [0.29, 0.717) is 6.42 Å². The fourth-order valence-electron chi connectivity index (χ4n) is 1.28. The van der Waals surface area contributed by atoms with Gasteiger partial charge >= 0.3 is 0 Å². The lowest BCUT2D eigenvalue weighted by Gasteiger charge is -1.93. The number of nitrogens with zero attached hydrogens (tertiary/aromatic N) is 1. The van der Waals surface area contributed by atoms with Gasteiger partial charge in [-0.2, -0.15) is 11.3 Å². The topological polar surface area (TPSA) is 30.0 Å². The minimum absolute atomic E-state index is 0.157. The normalized spacial score (nSPS) is 10.5. The number of ketones is 1. The Morgan fingerprint density at radius 3 is 2.80 bits per heavy atom. The maximum atomic E-state index is 11.8. The molecule has 0 aliphatic heterocycles.